The van der Waals surface area contributed by atoms with Crippen molar-refractivity contribution in [1.82, 2.24) is 4.72 Å². The van der Waals surface area contributed by atoms with Crippen molar-refractivity contribution in [1.29, 1.82) is 0 Å². The van der Waals surface area contributed by atoms with Gasteiger partial charge in [0.05, 0.1) is 23.3 Å². The topological polar surface area (TPSA) is 58.6 Å². The zero-order valence-corrected chi connectivity index (χ0v) is 16.1. The molecule has 0 radical (unpaired) electrons. The predicted octanol–water partition coefficient (Wildman–Crippen LogP) is 3.52. The Bertz CT molecular complexity index is 932. The van der Waals surface area contributed by atoms with Crippen molar-refractivity contribution in [3.05, 3.63) is 54.1 Å². The number of nitrogens with zero attached hydrogens (tertiary/aromatic N) is 1. The minimum Gasteiger partial charge on any atom is -0.495 e. The lowest BCUT2D eigenvalue weighted by Crippen LogP contribution is -2.32. The van der Waals surface area contributed by atoms with Crippen LogP contribution in [0.2, 0.25) is 0 Å². The van der Waals surface area contributed by atoms with Gasteiger partial charge in [-0.05, 0) is 36.6 Å². The molecule has 9 heteroatoms. The molecular formula is C19H21F3N2O3S. The first-order valence-electron chi connectivity index (χ1n) is 8.76. The summed E-state index contributed by atoms with van der Waals surface area (Å²) in [5.74, 6) is 0.709. The molecule has 2 aromatic carbocycles. The summed E-state index contributed by atoms with van der Waals surface area (Å²) in [5, 5.41) is 0. The Morgan fingerprint density at radius 2 is 1.82 bits per heavy atom. The predicted molar refractivity (Wildman–Crippen MR) is 99.9 cm³/mol. The number of methoxy groups -OCH3 is 1. The summed E-state index contributed by atoms with van der Waals surface area (Å²) in [4.78, 5) is 1.34. The van der Waals surface area contributed by atoms with Gasteiger partial charge < -0.3 is 9.64 Å². The standard InChI is InChI=1S/C19H21F3N2O3S/c1-27-17-8-4-3-7-16(17)24-11-10-14(13-24)12-23-28(25,26)18-9-5-2-6-15(18)19(20,21)22/h2-9,14,23H,10-13H2,1H3/t14-/m1/s1. The van der Waals surface area contributed by atoms with E-state index in [4.69, 9.17) is 4.74 Å². The van der Waals surface area contributed by atoms with Crippen molar-refractivity contribution in [2.75, 3.05) is 31.6 Å². The minimum atomic E-state index is -4.74. The molecule has 2 aromatic rings. The van der Waals surface area contributed by atoms with E-state index in [0.29, 0.717) is 13.1 Å². The molecule has 0 amide bonds. The normalized spacial score (nSPS) is 17.7. The van der Waals surface area contributed by atoms with E-state index in [1.165, 1.54) is 12.1 Å². The highest BCUT2D eigenvalue weighted by Crippen LogP contribution is 2.34. The first kappa shape index (κ1) is 20.5. The van der Waals surface area contributed by atoms with Gasteiger partial charge in [0.2, 0.25) is 10.0 Å². The second-order valence-corrected chi connectivity index (χ2v) is 8.35. The molecule has 3 rings (SSSR count). The van der Waals surface area contributed by atoms with Crippen LogP contribution in [0.4, 0.5) is 18.9 Å². The Morgan fingerprint density at radius 3 is 2.54 bits per heavy atom. The summed E-state index contributed by atoms with van der Waals surface area (Å²) < 4.78 is 72.0. The van der Waals surface area contributed by atoms with Gasteiger partial charge in [-0.1, -0.05) is 24.3 Å². The lowest BCUT2D eigenvalue weighted by Gasteiger charge is -2.21. The first-order chi connectivity index (χ1) is 13.2. The quantitative estimate of drug-likeness (QED) is 0.786. The number of hydrogen-bond acceptors (Lipinski definition) is 4. The van der Waals surface area contributed by atoms with Crippen molar-refractivity contribution in [2.45, 2.75) is 17.5 Å². The van der Waals surface area contributed by atoms with Crippen molar-refractivity contribution >= 4 is 15.7 Å². The number of nitrogens with one attached hydrogen (secondary N) is 1. The SMILES string of the molecule is COc1ccccc1N1CC[C@H](CNS(=O)(=O)c2ccccc2C(F)(F)F)C1. The number of sulfonamides is 1. The van der Waals surface area contributed by atoms with Crippen LogP contribution in [0.15, 0.2) is 53.4 Å². The van der Waals surface area contributed by atoms with E-state index in [-0.39, 0.29) is 12.5 Å². The number of alkyl halides is 3. The van der Waals surface area contributed by atoms with E-state index in [1.807, 2.05) is 24.3 Å². The molecule has 28 heavy (non-hydrogen) atoms. The van der Waals surface area contributed by atoms with Gasteiger partial charge in [0.15, 0.2) is 0 Å². The molecule has 1 atom stereocenters. The van der Waals surface area contributed by atoms with Crippen LogP contribution in [0.1, 0.15) is 12.0 Å². The van der Waals surface area contributed by atoms with E-state index in [9.17, 15) is 21.6 Å². The summed E-state index contributed by atoms with van der Waals surface area (Å²) in [6.45, 7) is 1.37. The third kappa shape index (κ3) is 4.41. The van der Waals surface area contributed by atoms with Gasteiger partial charge in [-0.15, -0.1) is 0 Å². The third-order valence-corrected chi connectivity index (χ3v) is 6.24. The maximum atomic E-state index is 13.1. The fraction of sp³-hybridized carbons (Fsp3) is 0.368. The van der Waals surface area contributed by atoms with E-state index in [0.717, 1.165) is 30.0 Å². The lowest BCUT2D eigenvalue weighted by atomic mass is 10.1. The second kappa shape index (κ2) is 8.00. The van der Waals surface area contributed by atoms with E-state index < -0.39 is 26.7 Å². The highest BCUT2D eigenvalue weighted by Gasteiger charge is 2.37. The summed E-state index contributed by atoms with van der Waals surface area (Å²) in [6.07, 6.45) is -4.01. The Labute approximate surface area is 162 Å². The van der Waals surface area contributed by atoms with Crippen molar-refractivity contribution in [3.63, 3.8) is 0 Å². The Morgan fingerprint density at radius 1 is 1.14 bits per heavy atom. The maximum absolute atomic E-state index is 13.1. The monoisotopic (exact) mass is 414 g/mol. The summed E-state index contributed by atoms with van der Waals surface area (Å²) in [7, 11) is -2.69. The molecule has 0 spiro atoms. The first-order valence-corrected chi connectivity index (χ1v) is 10.2. The zero-order chi connectivity index (χ0) is 20.4. The molecule has 1 aliphatic rings. The number of benzene rings is 2. The molecule has 5 nitrogen and oxygen atoms in total. The number of para-hydroxylation sites is 2. The Hall–Kier alpha value is -2.26. The molecule has 152 valence electrons. The number of rotatable bonds is 6. The fourth-order valence-corrected chi connectivity index (χ4v) is 4.69. The van der Waals surface area contributed by atoms with Gasteiger partial charge in [0.25, 0.3) is 0 Å². The van der Waals surface area contributed by atoms with Gasteiger partial charge in [0, 0.05) is 19.6 Å². The van der Waals surface area contributed by atoms with Gasteiger partial charge in [-0.3, -0.25) is 0 Å². The third-order valence-electron chi connectivity index (χ3n) is 4.76. The van der Waals surface area contributed by atoms with Crippen LogP contribution in [0.5, 0.6) is 5.75 Å². The lowest BCUT2D eigenvalue weighted by molar-refractivity contribution is -0.139. The molecule has 0 unspecified atom stereocenters. The maximum Gasteiger partial charge on any atom is 0.417 e. The Balaban J connectivity index is 1.68. The second-order valence-electron chi connectivity index (χ2n) is 6.62. The van der Waals surface area contributed by atoms with Crippen molar-refractivity contribution in [3.8, 4) is 5.75 Å². The van der Waals surface area contributed by atoms with Crippen LogP contribution >= 0.6 is 0 Å². The van der Waals surface area contributed by atoms with Gasteiger partial charge >= 0.3 is 6.18 Å². The van der Waals surface area contributed by atoms with Crippen molar-refractivity contribution in [2.24, 2.45) is 5.92 Å². The number of ether oxygens (including phenoxy) is 1. The minimum absolute atomic E-state index is 0.0160. The summed E-state index contributed by atoms with van der Waals surface area (Å²) in [5.41, 5.74) is -0.248. The number of halogens is 3. The average molecular weight is 414 g/mol. The van der Waals surface area contributed by atoms with Crippen LogP contribution in [-0.2, 0) is 16.2 Å². The highest BCUT2D eigenvalue weighted by molar-refractivity contribution is 7.89. The molecule has 1 N–H and O–H groups in total. The number of anilines is 1. The molecule has 0 aromatic heterocycles. The molecule has 1 aliphatic heterocycles. The molecule has 1 heterocycles. The molecule has 1 saturated heterocycles. The van der Waals surface area contributed by atoms with Gasteiger partial charge in [0.1, 0.15) is 5.75 Å². The fourth-order valence-electron chi connectivity index (χ4n) is 3.35. The average Bonchev–Trinajstić information content (AvgIpc) is 3.15. The zero-order valence-electron chi connectivity index (χ0n) is 15.2. The molecule has 0 bridgehead atoms. The molecular weight excluding hydrogens is 393 g/mol. The van der Waals surface area contributed by atoms with Crippen LogP contribution < -0.4 is 14.4 Å². The largest absolute Gasteiger partial charge is 0.495 e. The molecule has 0 saturated carbocycles. The summed E-state index contributed by atoms with van der Waals surface area (Å²) >= 11 is 0. The van der Waals surface area contributed by atoms with E-state index >= 15 is 0 Å². The Kier molecular flexibility index (Phi) is 5.85. The molecule has 1 fully saturated rings. The smallest absolute Gasteiger partial charge is 0.417 e. The number of hydrogen-bond donors (Lipinski definition) is 1. The molecule has 0 aliphatic carbocycles. The summed E-state index contributed by atoms with van der Waals surface area (Å²) in [6, 6.07) is 11.7. The van der Waals surface area contributed by atoms with Crippen LogP contribution in [0.25, 0.3) is 0 Å². The van der Waals surface area contributed by atoms with Crippen LogP contribution in [-0.4, -0.2) is 35.2 Å². The van der Waals surface area contributed by atoms with Crippen LogP contribution in [0.3, 0.4) is 0 Å². The highest BCUT2D eigenvalue weighted by atomic mass is 32.2. The van der Waals surface area contributed by atoms with E-state index in [1.54, 1.807) is 7.11 Å². The van der Waals surface area contributed by atoms with Crippen LogP contribution in [0, 0.1) is 5.92 Å². The van der Waals surface area contributed by atoms with Crippen molar-refractivity contribution < 1.29 is 26.3 Å². The van der Waals surface area contributed by atoms with Gasteiger partial charge in [-0.25, -0.2) is 13.1 Å². The van der Waals surface area contributed by atoms with E-state index in [2.05, 4.69) is 9.62 Å². The van der Waals surface area contributed by atoms with Gasteiger partial charge in [-0.2, -0.15) is 13.2 Å².